The molecule has 0 aliphatic carbocycles. The number of hydrogen-bond donors (Lipinski definition) is 1. The Labute approximate surface area is 192 Å². The third kappa shape index (κ3) is 19.5. The molecule has 9 heteroatoms. The molecule has 0 fully saturated rings. The van der Waals surface area contributed by atoms with Gasteiger partial charge >= 0.3 is 17.9 Å². The van der Waals surface area contributed by atoms with Crippen LogP contribution in [0, 0.1) is 0 Å². The second-order valence-corrected chi connectivity index (χ2v) is 7.59. The minimum atomic E-state index is -0.779. The van der Waals surface area contributed by atoms with E-state index in [0.717, 1.165) is 5.56 Å². The molecule has 1 N–H and O–H groups in total. The summed E-state index contributed by atoms with van der Waals surface area (Å²) in [5.74, 6) is -1.11. The van der Waals surface area contributed by atoms with Gasteiger partial charge in [0.15, 0.2) is 0 Å². The first kappa shape index (κ1) is 31.7. The molecule has 0 aliphatic heterocycles. The Bertz CT molecular complexity index is 612. The minimum Gasteiger partial charge on any atom is -0.480 e. The highest BCUT2D eigenvalue weighted by molar-refractivity contribution is 5.74. The lowest BCUT2D eigenvalue weighted by atomic mass is 10.1. The number of benzene rings is 1. The van der Waals surface area contributed by atoms with Gasteiger partial charge in [-0.1, -0.05) is 30.3 Å². The summed E-state index contributed by atoms with van der Waals surface area (Å²) < 4.78 is 9.34. The van der Waals surface area contributed by atoms with Crippen LogP contribution in [0.3, 0.4) is 0 Å². The van der Waals surface area contributed by atoms with Gasteiger partial charge < -0.3 is 14.6 Å². The maximum Gasteiger partial charge on any atom is 0.321 e. The number of aliphatic carboxylic acids is 1. The summed E-state index contributed by atoms with van der Waals surface area (Å²) in [5, 5.41) is 8.96. The lowest BCUT2D eigenvalue weighted by Gasteiger charge is -2.19. The van der Waals surface area contributed by atoms with Gasteiger partial charge in [-0.3, -0.25) is 29.1 Å². The Morgan fingerprint density at radius 1 is 0.812 bits per heavy atom. The van der Waals surface area contributed by atoms with E-state index < -0.39 is 12.0 Å². The first-order valence-corrected chi connectivity index (χ1v) is 10.5. The largest absolute Gasteiger partial charge is 0.480 e. The number of ether oxygens (including phenoxy) is 2. The highest BCUT2D eigenvalue weighted by Gasteiger charge is 2.19. The van der Waals surface area contributed by atoms with E-state index in [1.165, 1.54) is 0 Å². The van der Waals surface area contributed by atoms with Gasteiger partial charge in [-0.15, -0.1) is 0 Å². The Balaban J connectivity index is 0. The molecule has 0 aromatic heterocycles. The highest BCUT2D eigenvalue weighted by atomic mass is 16.5. The number of nitrogens with zero attached hydrogens (tertiary/aromatic N) is 3. The quantitative estimate of drug-likeness (QED) is 0.526. The Kier molecular flexibility index (Phi) is 19.0. The van der Waals surface area contributed by atoms with E-state index in [4.69, 9.17) is 5.11 Å². The molecule has 0 saturated carbocycles. The molecule has 9 nitrogen and oxygen atoms in total. The molecule has 0 radical (unpaired) electrons. The van der Waals surface area contributed by atoms with Gasteiger partial charge in [0.1, 0.15) is 6.04 Å². The predicted molar refractivity (Wildman–Crippen MR) is 126 cm³/mol. The molecule has 184 valence electrons. The Morgan fingerprint density at radius 2 is 1.22 bits per heavy atom. The lowest BCUT2D eigenvalue weighted by Crippen LogP contribution is -2.37. The standard InChI is InChI=1S/C11H15NO2.2C6H13NO2/c1-12(2)10(11(13)14)8-9-6-4-3-5-7-9;2*1-4-9-6(8)5-7(2)3/h3-7,10H,8H2,1-2H3,(H,13,14);2*4-5H2,1-3H3/t10-;;/m0../s1. The molecule has 0 heterocycles. The van der Waals surface area contributed by atoms with Gasteiger partial charge in [0.2, 0.25) is 0 Å². The van der Waals surface area contributed by atoms with Gasteiger partial charge in [-0.05, 0) is 68.1 Å². The van der Waals surface area contributed by atoms with Crippen molar-refractivity contribution in [1.82, 2.24) is 14.7 Å². The summed E-state index contributed by atoms with van der Waals surface area (Å²) in [6.45, 7) is 5.27. The van der Waals surface area contributed by atoms with E-state index in [-0.39, 0.29) is 11.9 Å². The van der Waals surface area contributed by atoms with Crippen LogP contribution in [-0.2, 0) is 30.3 Å². The van der Waals surface area contributed by atoms with Gasteiger partial charge in [0, 0.05) is 0 Å². The molecule has 1 aromatic rings. The zero-order chi connectivity index (χ0) is 25.1. The molecule has 0 spiro atoms. The lowest BCUT2D eigenvalue weighted by molar-refractivity contribution is -0.144. The van der Waals surface area contributed by atoms with Crippen molar-refractivity contribution in [2.75, 3.05) is 68.6 Å². The highest BCUT2D eigenvalue weighted by Crippen LogP contribution is 2.06. The number of carboxylic acid groups (broad SMARTS) is 1. The summed E-state index contributed by atoms with van der Waals surface area (Å²) in [7, 11) is 10.9. The van der Waals surface area contributed by atoms with Crippen LogP contribution in [0.1, 0.15) is 19.4 Å². The average Bonchev–Trinajstić information content (AvgIpc) is 2.66. The Morgan fingerprint density at radius 3 is 1.50 bits per heavy atom. The molecular weight excluding hydrogens is 414 g/mol. The minimum absolute atomic E-state index is 0.164. The number of hydrogen-bond acceptors (Lipinski definition) is 8. The first-order chi connectivity index (χ1) is 14.9. The summed E-state index contributed by atoms with van der Waals surface area (Å²) in [5.41, 5.74) is 1.05. The van der Waals surface area contributed by atoms with Gasteiger partial charge in [-0.2, -0.15) is 0 Å². The van der Waals surface area contributed by atoms with E-state index in [0.29, 0.717) is 32.7 Å². The van der Waals surface area contributed by atoms with Crippen molar-refractivity contribution in [1.29, 1.82) is 0 Å². The Hall–Kier alpha value is -2.49. The monoisotopic (exact) mass is 455 g/mol. The van der Waals surface area contributed by atoms with Gasteiger partial charge in [0.25, 0.3) is 0 Å². The van der Waals surface area contributed by atoms with Crippen molar-refractivity contribution in [3.05, 3.63) is 35.9 Å². The van der Waals surface area contributed by atoms with Crippen LogP contribution in [0.2, 0.25) is 0 Å². The number of rotatable bonds is 10. The van der Waals surface area contributed by atoms with Crippen LogP contribution in [0.4, 0.5) is 0 Å². The van der Waals surface area contributed by atoms with E-state index in [1.807, 2.05) is 58.5 Å². The van der Waals surface area contributed by atoms with Crippen molar-refractivity contribution in [2.24, 2.45) is 0 Å². The molecule has 0 aliphatic rings. The van der Waals surface area contributed by atoms with Crippen molar-refractivity contribution >= 4 is 17.9 Å². The topological polar surface area (TPSA) is 99.6 Å². The summed E-state index contributed by atoms with van der Waals surface area (Å²) in [6, 6.07) is 9.21. The van der Waals surface area contributed by atoms with Gasteiger partial charge in [-0.25, -0.2) is 0 Å². The van der Waals surface area contributed by atoms with Crippen LogP contribution in [-0.4, -0.2) is 112 Å². The molecule has 0 saturated heterocycles. The maximum atomic E-state index is 10.9. The zero-order valence-corrected chi connectivity index (χ0v) is 20.8. The second-order valence-electron chi connectivity index (χ2n) is 7.59. The van der Waals surface area contributed by atoms with E-state index in [2.05, 4.69) is 9.47 Å². The molecule has 0 amide bonds. The van der Waals surface area contributed by atoms with Crippen LogP contribution >= 0.6 is 0 Å². The molecule has 0 bridgehead atoms. The molecule has 1 rings (SSSR count). The van der Waals surface area contributed by atoms with E-state index >= 15 is 0 Å². The second kappa shape index (κ2) is 19.2. The maximum absolute atomic E-state index is 10.9. The van der Waals surface area contributed by atoms with Gasteiger partial charge in [0.05, 0.1) is 26.3 Å². The third-order valence-electron chi connectivity index (χ3n) is 3.68. The molecule has 1 atom stereocenters. The van der Waals surface area contributed by atoms with Crippen molar-refractivity contribution in [2.45, 2.75) is 26.3 Å². The van der Waals surface area contributed by atoms with Crippen molar-refractivity contribution in [3.63, 3.8) is 0 Å². The third-order valence-corrected chi connectivity index (χ3v) is 3.68. The number of carbonyl (C=O) groups is 3. The molecule has 1 aromatic carbocycles. The summed E-state index contributed by atoms with van der Waals surface area (Å²) in [6.07, 6.45) is 0.545. The number of likely N-dealkylation sites (N-methyl/N-ethyl adjacent to an activating group) is 3. The van der Waals surface area contributed by atoms with E-state index in [9.17, 15) is 14.4 Å². The SMILES string of the molecule is CCOC(=O)CN(C)C.CCOC(=O)CN(C)C.CN(C)[C@@H](Cc1ccccc1)C(=O)O. The molecule has 0 unspecified atom stereocenters. The van der Waals surface area contributed by atoms with E-state index in [1.54, 1.807) is 42.6 Å². The average molecular weight is 456 g/mol. The van der Waals surface area contributed by atoms with Crippen molar-refractivity contribution in [3.8, 4) is 0 Å². The van der Waals surface area contributed by atoms with Crippen LogP contribution in [0.5, 0.6) is 0 Å². The molecular formula is C23H41N3O6. The molecule has 32 heavy (non-hydrogen) atoms. The fourth-order valence-corrected chi connectivity index (χ4v) is 2.26. The number of esters is 2. The first-order valence-electron chi connectivity index (χ1n) is 10.5. The fourth-order valence-electron chi connectivity index (χ4n) is 2.26. The normalized spacial score (nSPS) is 11.1. The smallest absolute Gasteiger partial charge is 0.321 e. The summed E-state index contributed by atoms with van der Waals surface area (Å²) >= 11 is 0. The zero-order valence-electron chi connectivity index (χ0n) is 20.8. The van der Waals surface area contributed by atoms with Crippen LogP contribution < -0.4 is 0 Å². The van der Waals surface area contributed by atoms with Crippen molar-refractivity contribution < 1.29 is 29.0 Å². The predicted octanol–water partition coefficient (Wildman–Crippen LogP) is 1.47. The fraction of sp³-hybridized carbons (Fsp3) is 0.609. The summed E-state index contributed by atoms with van der Waals surface area (Å²) in [4.78, 5) is 37.4. The van der Waals surface area contributed by atoms with Crippen LogP contribution in [0.15, 0.2) is 30.3 Å². The van der Waals surface area contributed by atoms with Crippen LogP contribution in [0.25, 0.3) is 0 Å². The number of carboxylic acids is 1. The number of carbonyl (C=O) groups excluding carboxylic acids is 2.